The van der Waals surface area contributed by atoms with E-state index in [-0.39, 0.29) is 0 Å². The Morgan fingerprint density at radius 2 is 2.50 bits per heavy atom. The third-order valence-electron chi connectivity index (χ3n) is 1.34. The quantitative estimate of drug-likeness (QED) is 0.491. The highest BCUT2D eigenvalue weighted by atomic mass is 16.6. The van der Waals surface area contributed by atoms with E-state index in [1.54, 1.807) is 13.0 Å². The van der Waals surface area contributed by atoms with Crippen molar-refractivity contribution in [2.45, 2.75) is 6.92 Å². The molecule has 0 spiro atoms. The van der Waals surface area contributed by atoms with Gasteiger partial charge in [-0.3, -0.25) is 0 Å². The van der Waals surface area contributed by atoms with Crippen LogP contribution < -0.4 is 0 Å². The molecule has 0 atom stereocenters. The van der Waals surface area contributed by atoms with Crippen molar-refractivity contribution in [3.8, 4) is 6.07 Å². The molecule has 1 rings (SSSR count). The average Bonchev–Trinajstić information content (AvgIpc) is 2.51. The van der Waals surface area contributed by atoms with Crippen molar-refractivity contribution in [1.82, 2.24) is 0 Å². The number of nitriles is 1. The molecule has 4 nitrogen and oxygen atoms in total. The summed E-state index contributed by atoms with van der Waals surface area (Å²) in [7, 11) is 1.44. The molecular weight excluding hydrogens is 156 g/mol. The average molecular weight is 164 g/mol. The minimum atomic E-state index is 0.458. The predicted octanol–water partition coefficient (Wildman–Crippen LogP) is 1.52. The lowest BCUT2D eigenvalue weighted by Gasteiger charge is -1.93. The molecule has 0 aromatic carbocycles. The first-order chi connectivity index (χ1) is 5.79. The van der Waals surface area contributed by atoms with Gasteiger partial charge in [-0.2, -0.15) is 5.26 Å². The zero-order valence-electron chi connectivity index (χ0n) is 6.87. The van der Waals surface area contributed by atoms with Crippen molar-refractivity contribution >= 4 is 5.71 Å². The van der Waals surface area contributed by atoms with Crippen molar-refractivity contribution in [2.24, 2.45) is 5.16 Å². The molecule has 0 amide bonds. The Labute approximate surface area is 70.0 Å². The van der Waals surface area contributed by atoms with Crippen molar-refractivity contribution in [2.75, 3.05) is 7.11 Å². The van der Waals surface area contributed by atoms with E-state index in [2.05, 4.69) is 9.99 Å². The maximum Gasteiger partial charge on any atom is 0.168 e. The fourth-order valence-electron chi connectivity index (χ4n) is 0.856. The number of rotatable bonds is 2. The molecule has 0 N–H and O–H groups in total. The summed E-state index contributed by atoms with van der Waals surface area (Å²) in [5.74, 6) is 0.458. The Bertz CT molecular complexity index is 333. The third kappa shape index (κ3) is 1.45. The van der Waals surface area contributed by atoms with Gasteiger partial charge in [-0.05, 0) is 13.0 Å². The van der Waals surface area contributed by atoms with E-state index in [0.29, 0.717) is 17.0 Å². The normalized spacial score (nSPS) is 10.9. The molecule has 0 aliphatic rings. The van der Waals surface area contributed by atoms with Crippen LogP contribution in [0.25, 0.3) is 0 Å². The maximum absolute atomic E-state index is 8.62. The largest absolute Gasteiger partial charge is 0.462 e. The molecule has 0 saturated carbocycles. The molecule has 0 radical (unpaired) electrons. The smallest absolute Gasteiger partial charge is 0.168 e. The van der Waals surface area contributed by atoms with E-state index < -0.39 is 0 Å². The van der Waals surface area contributed by atoms with Crippen LogP contribution in [-0.4, -0.2) is 12.8 Å². The summed E-state index contributed by atoms with van der Waals surface area (Å²) in [6, 6.07) is 3.57. The molecule has 0 fully saturated rings. The van der Waals surface area contributed by atoms with Crippen molar-refractivity contribution < 1.29 is 9.25 Å². The van der Waals surface area contributed by atoms with E-state index in [9.17, 15) is 0 Å². The fraction of sp³-hybridized carbons (Fsp3) is 0.250. The lowest BCUT2D eigenvalue weighted by molar-refractivity contribution is 0.213. The minimum absolute atomic E-state index is 0.458. The summed E-state index contributed by atoms with van der Waals surface area (Å²) in [5, 5.41) is 12.3. The van der Waals surface area contributed by atoms with Gasteiger partial charge >= 0.3 is 0 Å². The van der Waals surface area contributed by atoms with Crippen molar-refractivity contribution in [3.63, 3.8) is 0 Å². The minimum Gasteiger partial charge on any atom is -0.462 e. The molecule has 0 aliphatic heterocycles. The number of furan rings is 1. The number of hydrogen-bond donors (Lipinski definition) is 0. The number of hydrogen-bond acceptors (Lipinski definition) is 4. The highest BCUT2D eigenvalue weighted by molar-refractivity contribution is 5.97. The lowest BCUT2D eigenvalue weighted by Crippen LogP contribution is -1.95. The van der Waals surface area contributed by atoms with Gasteiger partial charge in [-0.1, -0.05) is 5.16 Å². The second kappa shape index (κ2) is 3.58. The molecule has 1 aromatic heterocycles. The summed E-state index contributed by atoms with van der Waals surface area (Å²) >= 11 is 0. The molecule has 0 unspecified atom stereocenters. The standard InChI is InChI=1S/C8H8N2O2/c1-6(10-11-2)8-7(5-9)3-4-12-8/h3-4H,1-2H3/b10-6-. The van der Waals surface area contributed by atoms with Gasteiger partial charge in [0.05, 0.1) is 11.8 Å². The first-order valence-corrected chi connectivity index (χ1v) is 3.35. The van der Waals surface area contributed by atoms with Crippen LogP contribution in [0.15, 0.2) is 21.9 Å². The number of nitrogens with zero attached hydrogens (tertiary/aromatic N) is 2. The number of oxime groups is 1. The van der Waals surface area contributed by atoms with Crippen LogP contribution in [0.2, 0.25) is 0 Å². The van der Waals surface area contributed by atoms with Gasteiger partial charge in [0.1, 0.15) is 18.9 Å². The topological polar surface area (TPSA) is 58.5 Å². The first-order valence-electron chi connectivity index (χ1n) is 3.35. The van der Waals surface area contributed by atoms with Gasteiger partial charge in [-0.15, -0.1) is 0 Å². The molecular formula is C8H8N2O2. The molecule has 62 valence electrons. The summed E-state index contributed by atoms with van der Waals surface area (Å²) in [6.45, 7) is 1.71. The molecule has 0 aliphatic carbocycles. The van der Waals surface area contributed by atoms with E-state index >= 15 is 0 Å². The van der Waals surface area contributed by atoms with Gasteiger partial charge in [0.15, 0.2) is 5.76 Å². The molecule has 0 saturated heterocycles. The zero-order valence-corrected chi connectivity index (χ0v) is 6.87. The molecule has 4 heteroatoms. The molecule has 0 bridgehead atoms. The van der Waals surface area contributed by atoms with Crippen molar-refractivity contribution in [1.29, 1.82) is 5.26 Å². The Hall–Kier alpha value is -1.76. The fourth-order valence-corrected chi connectivity index (χ4v) is 0.856. The second-order valence-electron chi connectivity index (χ2n) is 2.13. The Balaban J connectivity index is 3.04. The van der Waals surface area contributed by atoms with Crippen LogP contribution in [-0.2, 0) is 4.84 Å². The molecule has 1 aromatic rings. The SMILES string of the molecule is CO/N=C(/C)c1occc1C#N. The third-order valence-corrected chi connectivity index (χ3v) is 1.34. The summed E-state index contributed by atoms with van der Waals surface area (Å²) < 4.78 is 5.04. The molecule has 12 heavy (non-hydrogen) atoms. The lowest BCUT2D eigenvalue weighted by atomic mass is 10.2. The van der Waals surface area contributed by atoms with E-state index in [1.165, 1.54) is 13.4 Å². The summed E-state index contributed by atoms with van der Waals surface area (Å²) in [4.78, 5) is 4.55. The second-order valence-corrected chi connectivity index (χ2v) is 2.13. The van der Waals surface area contributed by atoms with Crippen LogP contribution in [0, 0.1) is 11.3 Å². The van der Waals surface area contributed by atoms with Gasteiger partial charge in [-0.25, -0.2) is 0 Å². The van der Waals surface area contributed by atoms with E-state index in [1.807, 2.05) is 6.07 Å². The molecule has 1 heterocycles. The van der Waals surface area contributed by atoms with Crippen LogP contribution in [0.1, 0.15) is 18.2 Å². The Morgan fingerprint density at radius 1 is 1.75 bits per heavy atom. The monoisotopic (exact) mass is 164 g/mol. The first kappa shape index (κ1) is 8.34. The highest BCUT2D eigenvalue weighted by Crippen LogP contribution is 2.10. The van der Waals surface area contributed by atoms with Gasteiger partial charge in [0.25, 0.3) is 0 Å². The van der Waals surface area contributed by atoms with Crippen LogP contribution in [0.4, 0.5) is 0 Å². The van der Waals surface area contributed by atoms with E-state index in [0.717, 1.165) is 0 Å². The van der Waals surface area contributed by atoms with Crippen LogP contribution in [0.5, 0.6) is 0 Å². The Morgan fingerprint density at radius 3 is 3.08 bits per heavy atom. The van der Waals surface area contributed by atoms with Crippen LogP contribution in [0.3, 0.4) is 0 Å². The predicted molar refractivity (Wildman–Crippen MR) is 42.6 cm³/mol. The van der Waals surface area contributed by atoms with E-state index in [4.69, 9.17) is 9.68 Å². The summed E-state index contributed by atoms with van der Waals surface area (Å²) in [6.07, 6.45) is 1.45. The highest BCUT2D eigenvalue weighted by Gasteiger charge is 2.08. The summed E-state index contributed by atoms with van der Waals surface area (Å²) in [5.41, 5.74) is 1.02. The van der Waals surface area contributed by atoms with Gasteiger partial charge in [0.2, 0.25) is 0 Å². The Kier molecular flexibility index (Phi) is 2.49. The zero-order chi connectivity index (χ0) is 8.97. The van der Waals surface area contributed by atoms with Crippen LogP contribution >= 0.6 is 0 Å². The van der Waals surface area contributed by atoms with Gasteiger partial charge in [0, 0.05) is 0 Å². The maximum atomic E-state index is 8.62. The van der Waals surface area contributed by atoms with Gasteiger partial charge < -0.3 is 9.25 Å². The van der Waals surface area contributed by atoms with Crippen molar-refractivity contribution in [3.05, 3.63) is 23.7 Å².